The van der Waals surface area contributed by atoms with Crippen molar-refractivity contribution in [2.75, 3.05) is 0 Å². The van der Waals surface area contributed by atoms with Gasteiger partial charge >= 0.3 is 0 Å². The minimum Gasteiger partial charge on any atom is -0.0622 e. The van der Waals surface area contributed by atoms with Crippen molar-refractivity contribution >= 4 is 21.5 Å². The number of aryl methyl sites for hydroxylation is 5. The van der Waals surface area contributed by atoms with E-state index in [2.05, 4.69) is 218 Å². The highest BCUT2D eigenvalue weighted by Crippen LogP contribution is 2.21. The number of hydrogen-bond donors (Lipinski definition) is 0. The molecule has 0 amide bonds. The van der Waals surface area contributed by atoms with E-state index in [-0.39, 0.29) is 0 Å². The van der Waals surface area contributed by atoms with E-state index in [9.17, 15) is 0 Å². The summed E-state index contributed by atoms with van der Waals surface area (Å²) in [5.41, 5.74) is 10.7. The molecule has 53 heavy (non-hydrogen) atoms. The van der Waals surface area contributed by atoms with E-state index in [1.54, 1.807) is 0 Å². The van der Waals surface area contributed by atoms with Gasteiger partial charge in [-0.25, -0.2) is 0 Å². The summed E-state index contributed by atoms with van der Waals surface area (Å²) in [6.07, 6.45) is 1.11. The predicted octanol–water partition coefficient (Wildman–Crippen LogP) is 15.3. The molecule has 0 spiro atoms. The van der Waals surface area contributed by atoms with Gasteiger partial charge in [0.05, 0.1) is 0 Å². The third-order valence-corrected chi connectivity index (χ3v) is 9.11. The fourth-order valence-electron chi connectivity index (χ4n) is 5.85. The standard InChI is InChI=1S/C14H14.C12H12.C11H10.C9H12.C7H8/c1-11-3-7-13(8-4-11)14-9-5-12(2)6-10-14;1-2-10-7-5-8-11-6-3-4-9-12(10)11;1-9-5-4-7-10-6-2-3-8-11(9)10;1-8(2)9-6-4-3-5-7-9;1-7-5-3-2-4-6-7/h3-10H,1-2H3;3-9H,2H2,1H3;2-8H,1H3;3-8H,1-2H3;2-6H,1H3. The van der Waals surface area contributed by atoms with E-state index in [1.807, 2.05) is 24.3 Å². The van der Waals surface area contributed by atoms with E-state index in [0.29, 0.717) is 5.92 Å². The Morgan fingerprint density at radius 3 is 1.19 bits per heavy atom. The number of fused-ring (bicyclic) bond motifs is 2. The Bertz CT molecular complexity index is 2140. The topological polar surface area (TPSA) is 0 Å². The lowest BCUT2D eigenvalue weighted by atomic mass is 10.0. The minimum atomic E-state index is 0.659. The maximum absolute atomic E-state index is 2.20. The van der Waals surface area contributed by atoms with Gasteiger partial charge in [-0.2, -0.15) is 0 Å². The Hall–Kier alpha value is -5.72. The quantitative estimate of drug-likeness (QED) is 0.173. The molecule has 0 nitrogen and oxygen atoms in total. The van der Waals surface area contributed by atoms with Crippen molar-refractivity contribution in [3.05, 3.63) is 228 Å². The van der Waals surface area contributed by atoms with Crippen molar-refractivity contribution in [2.24, 2.45) is 0 Å². The van der Waals surface area contributed by atoms with Gasteiger partial charge in [0, 0.05) is 0 Å². The summed E-state index contributed by atoms with van der Waals surface area (Å²) in [6.45, 7) is 15.0. The summed E-state index contributed by atoms with van der Waals surface area (Å²) in [7, 11) is 0. The maximum Gasteiger partial charge on any atom is -0.0152 e. The van der Waals surface area contributed by atoms with Crippen molar-refractivity contribution in [1.82, 2.24) is 0 Å². The second-order valence-corrected chi connectivity index (χ2v) is 13.7. The average Bonchev–Trinajstić information content (AvgIpc) is 3.20. The van der Waals surface area contributed by atoms with Crippen LogP contribution in [0.5, 0.6) is 0 Å². The van der Waals surface area contributed by atoms with Crippen molar-refractivity contribution < 1.29 is 0 Å². The molecule has 8 aromatic rings. The predicted molar refractivity (Wildman–Crippen MR) is 235 cm³/mol. The van der Waals surface area contributed by atoms with E-state index in [0.717, 1.165) is 6.42 Å². The van der Waals surface area contributed by atoms with Crippen molar-refractivity contribution in [3.8, 4) is 11.1 Å². The molecule has 0 aliphatic heterocycles. The van der Waals surface area contributed by atoms with Gasteiger partial charge in [0.15, 0.2) is 0 Å². The highest BCUT2D eigenvalue weighted by Gasteiger charge is 1.97. The van der Waals surface area contributed by atoms with Gasteiger partial charge in [0.1, 0.15) is 0 Å². The molecule has 0 heterocycles. The van der Waals surface area contributed by atoms with E-state index < -0.39 is 0 Å². The lowest BCUT2D eigenvalue weighted by molar-refractivity contribution is 0.867. The van der Waals surface area contributed by atoms with Gasteiger partial charge in [-0.05, 0) is 89.4 Å². The molecule has 0 N–H and O–H groups in total. The fourth-order valence-corrected chi connectivity index (χ4v) is 5.85. The van der Waals surface area contributed by atoms with Gasteiger partial charge in [-0.3, -0.25) is 0 Å². The first-order valence-electron chi connectivity index (χ1n) is 18.9. The Morgan fingerprint density at radius 1 is 0.358 bits per heavy atom. The zero-order valence-electron chi connectivity index (χ0n) is 32.8. The van der Waals surface area contributed by atoms with Crippen molar-refractivity contribution in [2.45, 2.75) is 60.8 Å². The van der Waals surface area contributed by atoms with Gasteiger partial charge < -0.3 is 0 Å². The van der Waals surface area contributed by atoms with Crippen LogP contribution in [0.3, 0.4) is 0 Å². The molecule has 0 heteroatoms. The first kappa shape index (κ1) is 40.1. The summed E-state index contributed by atoms with van der Waals surface area (Å²) in [4.78, 5) is 0. The number of hydrogen-bond acceptors (Lipinski definition) is 0. The van der Waals surface area contributed by atoms with Crippen LogP contribution < -0.4 is 0 Å². The van der Waals surface area contributed by atoms with Crippen LogP contribution in [0.25, 0.3) is 32.7 Å². The second kappa shape index (κ2) is 21.6. The summed E-state index contributed by atoms with van der Waals surface area (Å²) in [5.74, 6) is 0.659. The molecule has 0 fully saturated rings. The molecule has 0 radical (unpaired) electrons. The molecule has 0 unspecified atom stereocenters. The minimum absolute atomic E-state index is 0.659. The van der Waals surface area contributed by atoms with Crippen LogP contribution in [-0.2, 0) is 6.42 Å². The Kier molecular flexibility index (Phi) is 16.3. The molecule has 0 aromatic heterocycles. The van der Waals surface area contributed by atoms with Crippen molar-refractivity contribution in [3.63, 3.8) is 0 Å². The summed E-state index contributed by atoms with van der Waals surface area (Å²) < 4.78 is 0. The highest BCUT2D eigenvalue weighted by molar-refractivity contribution is 5.86. The van der Waals surface area contributed by atoms with Gasteiger partial charge in [0.2, 0.25) is 0 Å². The zero-order valence-corrected chi connectivity index (χ0v) is 32.8. The molecule has 0 aliphatic rings. The fraction of sp³-hybridized carbons (Fsp3) is 0.170. The Balaban J connectivity index is 0.000000151. The number of benzene rings is 8. The monoisotopic (exact) mass is 692 g/mol. The third kappa shape index (κ3) is 13.4. The maximum atomic E-state index is 2.20. The van der Waals surface area contributed by atoms with Gasteiger partial charge in [-0.15, -0.1) is 0 Å². The van der Waals surface area contributed by atoms with E-state index >= 15 is 0 Å². The largest absolute Gasteiger partial charge is 0.0622 e. The molecular weight excluding hydrogens is 637 g/mol. The second-order valence-electron chi connectivity index (χ2n) is 13.7. The van der Waals surface area contributed by atoms with Crippen LogP contribution in [0, 0.1) is 27.7 Å². The molecule has 8 aromatic carbocycles. The molecule has 0 atom stereocenters. The third-order valence-electron chi connectivity index (χ3n) is 9.11. The molecular formula is C53H56. The van der Waals surface area contributed by atoms with Crippen LogP contribution in [0.4, 0.5) is 0 Å². The van der Waals surface area contributed by atoms with Crippen LogP contribution in [0.2, 0.25) is 0 Å². The van der Waals surface area contributed by atoms with Crippen LogP contribution in [0.15, 0.2) is 194 Å². The molecule has 0 saturated heterocycles. The highest BCUT2D eigenvalue weighted by atomic mass is 14.0. The molecule has 0 saturated carbocycles. The van der Waals surface area contributed by atoms with E-state index in [1.165, 1.54) is 66.1 Å². The molecule has 0 aliphatic carbocycles. The lowest BCUT2D eigenvalue weighted by Crippen LogP contribution is -1.83. The molecule has 268 valence electrons. The first-order chi connectivity index (χ1) is 25.7. The van der Waals surface area contributed by atoms with E-state index in [4.69, 9.17) is 0 Å². The van der Waals surface area contributed by atoms with Crippen LogP contribution in [-0.4, -0.2) is 0 Å². The van der Waals surface area contributed by atoms with Gasteiger partial charge in [0.25, 0.3) is 0 Å². The zero-order chi connectivity index (χ0) is 37.8. The normalized spacial score (nSPS) is 10.0. The first-order valence-corrected chi connectivity index (χ1v) is 18.9. The van der Waals surface area contributed by atoms with Crippen molar-refractivity contribution in [1.29, 1.82) is 0 Å². The summed E-state index contributed by atoms with van der Waals surface area (Å²) >= 11 is 0. The van der Waals surface area contributed by atoms with Gasteiger partial charge in [-0.1, -0.05) is 232 Å². The lowest BCUT2D eigenvalue weighted by Gasteiger charge is -2.02. The number of rotatable bonds is 3. The van der Waals surface area contributed by atoms with Crippen LogP contribution in [0.1, 0.15) is 60.1 Å². The summed E-state index contributed by atoms with van der Waals surface area (Å²) in [5, 5.41) is 5.42. The average molecular weight is 693 g/mol. The van der Waals surface area contributed by atoms with Crippen LogP contribution >= 0.6 is 0 Å². The Labute approximate surface area is 319 Å². The molecule has 0 bridgehead atoms. The summed E-state index contributed by atoms with van der Waals surface area (Å²) in [6, 6.07) is 67.9. The molecule has 8 rings (SSSR count). The Morgan fingerprint density at radius 2 is 0.755 bits per heavy atom. The smallest absolute Gasteiger partial charge is 0.0152 e. The SMILES string of the molecule is CC(C)c1ccccc1.CCc1cccc2ccccc12.Cc1ccc(-c2ccc(C)cc2)cc1.Cc1cccc2ccccc12.Cc1ccccc1.